The average molecular weight is 199 g/mol. The molecule has 2 rings (SSSR count). The fourth-order valence-corrected chi connectivity index (χ4v) is 1.98. The van der Waals surface area contributed by atoms with Crippen molar-refractivity contribution in [2.75, 3.05) is 20.1 Å². The van der Waals surface area contributed by atoms with E-state index in [4.69, 9.17) is 9.47 Å². The molecule has 80 valence electrons. The first-order valence-electron chi connectivity index (χ1n) is 5.06. The largest absolute Gasteiger partial charge is 0.431 e. The molecular formula is C10H17NO3. The summed E-state index contributed by atoms with van der Waals surface area (Å²) in [6.07, 6.45) is 1.55. The SMILES string of the molecule is CN1CCC2(CC1)OC(=O)C(C)(C)O2. The second kappa shape index (κ2) is 2.94. The molecule has 4 nitrogen and oxygen atoms in total. The van der Waals surface area contributed by atoms with E-state index >= 15 is 0 Å². The second-order valence-corrected chi connectivity index (χ2v) is 4.72. The number of hydrogen-bond acceptors (Lipinski definition) is 4. The van der Waals surface area contributed by atoms with Crippen LogP contribution in [0.15, 0.2) is 0 Å². The van der Waals surface area contributed by atoms with Gasteiger partial charge in [-0.25, -0.2) is 4.79 Å². The number of likely N-dealkylation sites (tertiary alicyclic amines) is 1. The summed E-state index contributed by atoms with van der Waals surface area (Å²) in [5, 5.41) is 0. The molecule has 0 unspecified atom stereocenters. The molecule has 2 saturated heterocycles. The molecule has 0 N–H and O–H groups in total. The van der Waals surface area contributed by atoms with Crippen LogP contribution >= 0.6 is 0 Å². The number of piperidine rings is 1. The van der Waals surface area contributed by atoms with Crippen LogP contribution in [0, 0.1) is 0 Å². The molecule has 2 fully saturated rings. The van der Waals surface area contributed by atoms with E-state index < -0.39 is 11.4 Å². The van der Waals surface area contributed by atoms with Crippen molar-refractivity contribution in [2.45, 2.75) is 38.1 Å². The normalized spacial score (nSPS) is 30.6. The molecule has 0 aliphatic carbocycles. The van der Waals surface area contributed by atoms with Gasteiger partial charge in [0.15, 0.2) is 5.60 Å². The van der Waals surface area contributed by atoms with Crippen LogP contribution in [0.1, 0.15) is 26.7 Å². The topological polar surface area (TPSA) is 38.8 Å². The first-order chi connectivity index (χ1) is 6.44. The Morgan fingerprint density at radius 3 is 2.29 bits per heavy atom. The Morgan fingerprint density at radius 2 is 1.86 bits per heavy atom. The number of nitrogens with zero attached hydrogens (tertiary/aromatic N) is 1. The molecule has 0 aromatic rings. The minimum absolute atomic E-state index is 0.234. The lowest BCUT2D eigenvalue weighted by atomic mass is 10.0. The van der Waals surface area contributed by atoms with Crippen LogP contribution in [-0.4, -0.2) is 42.4 Å². The average Bonchev–Trinajstić information content (AvgIpc) is 2.30. The minimum atomic E-state index is -0.768. The summed E-state index contributed by atoms with van der Waals surface area (Å²) in [5.41, 5.74) is -0.768. The zero-order valence-electron chi connectivity index (χ0n) is 9.00. The molecule has 2 aliphatic rings. The maximum absolute atomic E-state index is 11.5. The first kappa shape index (κ1) is 9.93. The number of carbonyl (C=O) groups is 1. The third-order valence-electron chi connectivity index (χ3n) is 2.96. The summed E-state index contributed by atoms with van der Waals surface area (Å²) in [6.45, 7) is 5.37. The molecule has 0 saturated carbocycles. The molecule has 0 aromatic carbocycles. The van der Waals surface area contributed by atoms with E-state index in [1.165, 1.54) is 0 Å². The number of esters is 1. The van der Waals surface area contributed by atoms with E-state index in [9.17, 15) is 4.79 Å². The fraction of sp³-hybridized carbons (Fsp3) is 0.900. The van der Waals surface area contributed by atoms with E-state index in [0.29, 0.717) is 0 Å². The Balaban J connectivity index is 2.10. The summed E-state index contributed by atoms with van der Waals surface area (Å²) in [5.74, 6) is -0.866. The molecule has 2 aliphatic heterocycles. The number of carbonyl (C=O) groups excluding carboxylic acids is 1. The Kier molecular flexibility index (Phi) is 2.08. The van der Waals surface area contributed by atoms with Crippen LogP contribution in [0.2, 0.25) is 0 Å². The van der Waals surface area contributed by atoms with Crippen molar-refractivity contribution in [2.24, 2.45) is 0 Å². The highest BCUT2D eigenvalue weighted by atomic mass is 16.8. The van der Waals surface area contributed by atoms with Crippen molar-refractivity contribution < 1.29 is 14.3 Å². The number of hydrogen-bond donors (Lipinski definition) is 0. The van der Waals surface area contributed by atoms with Gasteiger partial charge < -0.3 is 14.4 Å². The zero-order chi connectivity index (χ0) is 10.4. The highest BCUT2D eigenvalue weighted by Crippen LogP contribution is 2.38. The van der Waals surface area contributed by atoms with Gasteiger partial charge in [0, 0.05) is 25.9 Å². The van der Waals surface area contributed by atoms with Gasteiger partial charge in [0.05, 0.1) is 0 Å². The van der Waals surface area contributed by atoms with Gasteiger partial charge in [0.25, 0.3) is 0 Å². The molecule has 0 radical (unpaired) electrons. The molecule has 4 heteroatoms. The van der Waals surface area contributed by atoms with Crippen molar-refractivity contribution in [1.82, 2.24) is 4.90 Å². The smallest absolute Gasteiger partial charge is 0.340 e. The van der Waals surface area contributed by atoms with E-state index in [1.807, 2.05) is 0 Å². The number of ether oxygens (including phenoxy) is 2. The molecule has 0 bridgehead atoms. The van der Waals surface area contributed by atoms with Crippen molar-refractivity contribution >= 4 is 5.97 Å². The third kappa shape index (κ3) is 1.53. The minimum Gasteiger partial charge on any atom is -0.431 e. The maximum atomic E-state index is 11.5. The van der Waals surface area contributed by atoms with E-state index in [2.05, 4.69) is 11.9 Å². The van der Waals surface area contributed by atoms with Gasteiger partial charge in [-0.3, -0.25) is 0 Å². The lowest BCUT2D eigenvalue weighted by Gasteiger charge is -2.35. The van der Waals surface area contributed by atoms with E-state index in [1.54, 1.807) is 13.8 Å². The molecule has 1 spiro atoms. The van der Waals surface area contributed by atoms with Gasteiger partial charge in [-0.05, 0) is 20.9 Å². The first-order valence-corrected chi connectivity index (χ1v) is 5.06. The van der Waals surface area contributed by atoms with E-state index in [-0.39, 0.29) is 5.97 Å². The van der Waals surface area contributed by atoms with Gasteiger partial charge >= 0.3 is 5.97 Å². The summed E-state index contributed by atoms with van der Waals surface area (Å²) in [7, 11) is 2.06. The van der Waals surface area contributed by atoms with Gasteiger partial charge in [-0.2, -0.15) is 0 Å². The van der Waals surface area contributed by atoms with Gasteiger partial charge in [-0.15, -0.1) is 0 Å². The standard InChI is InChI=1S/C10H17NO3/c1-9(2)8(12)13-10(14-9)4-6-11(3)7-5-10/h4-7H2,1-3H3. The Hall–Kier alpha value is -0.610. The highest BCUT2D eigenvalue weighted by Gasteiger charge is 2.53. The Morgan fingerprint density at radius 1 is 1.29 bits per heavy atom. The van der Waals surface area contributed by atoms with Crippen LogP contribution in [0.5, 0.6) is 0 Å². The molecular weight excluding hydrogens is 182 g/mol. The van der Waals surface area contributed by atoms with Crippen molar-refractivity contribution in [3.8, 4) is 0 Å². The van der Waals surface area contributed by atoms with Gasteiger partial charge in [0.2, 0.25) is 5.79 Å². The van der Waals surface area contributed by atoms with Crippen LogP contribution in [0.4, 0.5) is 0 Å². The monoisotopic (exact) mass is 199 g/mol. The van der Waals surface area contributed by atoms with Crippen LogP contribution < -0.4 is 0 Å². The lowest BCUT2D eigenvalue weighted by Crippen LogP contribution is -2.44. The number of rotatable bonds is 0. The van der Waals surface area contributed by atoms with Crippen molar-refractivity contribution in [3.63, 3.8) is 0 Å². The maximum Gasteiger partial charge on any atom is 0.340 e. The second-order valence-electron chi connectivity index (χ2n) is 4.72. The molecule has 0 atom stereocenters. The van der Waals surface area contributed by atoms with Crippen LogP contribution in [0.25, 0.3) is 0 Å². The quantitative estimate of drug-likeness (QED) is 0.540. The lowest BCUT2D eigenvalue weighted by molar-refractivity contribution is -0.205. The summed E-state index contributed by atoms with van der Waals surface area (Å²) < 4.78 is 11.1. The summed E-state index contributed by atoms with van der Waals surface area (Å²) in [6, 6.07) is 0. The van der Waals surface area contributed by atoms with Crippen molar-refractivity contribution in [3.05, 3.63) is 0 Å². The fourth-order valence-electron chi connectivity index (χ4n) is 1.98. The predicted octanol–water partition coefficient (Wildman–Crippen LogP) is 0.760. The third-order valence-corrected chi connectivity index (χ3v) is 2.96. The summed E-state index contributed by atoms with van der Waals surface area (Å²) >= 11 is 0. The Bertz CT molecular complexity index is 254. The predicted molar refractivity (Wildman–Crippen MR) is 50.7 cm³/mol. The van der Waals surface area contributed by atoms with Gasteiger partial charge in [-0.1, -0.05) is 0 Å². The molecule has 2 heterocycles. The summed E-state index contributed by atoms with van der Waals surface area (Å²) in [4.78, 5) is 13.7. The van der Waals surface area contributed by atoms with Gasteiger partial charge in [0.1, 0.15) is 0 Å². The Labute approximate surface area is 84.2 Å². The van der Waals surface area contributed by atoms with Crippen LogP contribution in [0.3, 0.4) is 0 Å². The highest BCUT2D eigenvalue weighted by molar-refractivity contribution is 5.80. The zero-order valence-corrected chi connectivity index (χ0v) is 9.00. The molecule has 0 aromatic heterocycles. The van der Waals surface area contributed by atoms with Crippen molar-refractivity contribution in [1.29, 1.82) is 0 Å². The molecule has 0 amide bonds. The van der Waals surface area contributed by atoms with Crippen LogP contribution in [-0.2, 0) is 14.3 Å². The van der Waals surface area contributed by atoms with E-state index in [0.717, 1.165) is 25.9 Å². The molecule has 14 heavy (non-hydrogen) atoms.